The number of methoxy groups -OCH3 is 2. The van der Waals surface area contributed by atoms with Crippen molar-refractivity contribution in [3.05, 3.63) is 30.3 Å². The third-order valence-corrected chi connectivity index (χ3v) is 4.38. The van der Waals surface area contributed by atoms with Crippen molar-refractivity contribution >= 4 is 35.4 Å². The minimum absolute atomic E-state index is 0.272. The Balaban J connectivity index is 2.21. The standard InChI is InChI=1S/C14H16N2O5S/c1-20-12(17)10-8-22-11(13(18)21-2)16(10)14(19)15-9-6-4-3-5-7-9/h3-7,10-11H,8H2,1-2H3,(H,15,19)/t10-,11-/m0/s1. The Bertz CT molecular complexity index is 542. The lowest BCUT2D eigenvalue weighted by Crippen LogP contribution is -2.50. The molecule has 0 radical (unpaired) electrons. The van der Waals surface area contributed by atoms with Crippen LogP contribution in [0, 0.1) is 0 Å². The molecule has 1 aliphatic heterocycles. The molecule has 2 amide bonds. The second kappa shape index (κ2) is 7.17. The lowest BCUT2D eigenvalue weighted by molar-refractivity contribution is -0.147. The van der Waals surface area contributed by atoms with Crippen LogP contribution in [-0.2, 0) is 19.1 Å². The summed E-state index contributed by atoms with van der Waals surface area (Å²) in [6, 6.07) is 7.39. The lowest BCUT2D eigenvalue weighted by atomic mass is 10.3. The number of rotatable bonds is 3. The molecule has 7 nitrogen and oxygen atoms in total. The average Bonchev–Trinajstić information content (AvgIpc) is 2.99. The van der Waals surface area contributed by atoms with Crippen LogP contribution in [-0.4, -0.2) is 54.3 Å². The number of anilines is 1. The fraction of sp³-hybridized carbons (Fsp3) is 0.357. The van der Waals surface area contributed by atoms with E-state index in [1.54, 1.807) is 24.3 Å². The Hall–Kier alpha value is -2.22. The summed E-state index contributed by atoms with van der Waals surface area (Å²) in [5, 5.41) is 1.78. The molecular formula is C14H16N2O5S. The quantitative estimate of drug-likeness (QED) is 0.844. The molecule has 0 saturated carbocycles. The zero-order valence-corrected chi connectivity index (χ0v) is 13.0. The van der Waals surface area contributed by atoms with Crippen molar-refractivity contribution in [3.63, 3.8) is 0 Å². The molecule has 0 spiro atoms. The van der Waals surface area contributed by atoms with Gasteiger partial charge in [-0.15, -0.1) is 11.8 Å². The van der Waals surface area contributed by atoms with E-state index in [-0.39, 0.29) is 5.75 Å². The van der Waals surface area contributed by atoms with Crippen LogP contribution < -0.4 is 5.32 Å². The molecular weight excluding hydrogens is 308 g/mol. The van der Waals surface area contributed by atoms with Crippen LogP contribution in [0.15, 0.2) is 30.3 Å². The molecule has 1 fully saturated rings. The molecule has 1 aliphatic rings. The lowest BCUT2D eigenvalue weighted by Gasteiger charge is -2.26. The zero-order chi connectivity index (χ0) is 16.1. The summed E-state index contributed by atoms with van der Waals surface area (Å²) in [5.74, 6) is -0.879. The van der Waals surface area contributed by atoms with E-state index in [1.165, 1.54) is 14.2 Å². The van der Waals surface area contributed by atoms with Crippen molar-refractivity contribution in [1.82, 2.24) is 4.90 Å². The molecule has 1 N–H and O–H groups in total. The highest BCUT2D eigenvalue weighted by Crippen LogP contribution is 2.31. The van der Waals surface area contributed by atoms with Gasteiger partial charge in [-0.2, -0.15) is 0 Å². The number of carbonyl (C=O) groups is 3. The smallest absolute Gasteiger partial charge is 0.339 e. The maximum atomic E-state index is 12.5. The van der Waals surface area contributed by atoms with E-state index in [0.29, 0.717) is 5.69 Å². The number of benzene rings is 1. The third kappa shape index (κ3) is 3.33. The predicted molar refractivity (Wildman–Crippen MR) is 81.4 cm³/mol. The topological polar surface area (TPSA) is 84.9 Å². The van der Waals surface area contributed by atoms with Crippen molar-refractivity contribution in [3.8, 4) is 0 Å². The number of nitrogens with zero attached hydrogens (tertiary/aromatic N) is 1. The first-order valence-corrected chi connectivity index (χ1v) is 7.55. The number of urea groups is 1. The summed E-state index contributed by atoms with van der Waals surface area (Å²) >= 11 is 1.16. The number of carbonyl (C=O) groups excluding carboxylic acids is 3. The monoisotopic (exact) mass is 324 g/mol. The van der Waals surface area contributed by atoms with Crippen molar-refractivity contribution in [2.45, 2.75) is 11.4 Å². The fourth-order valence-corrected chi connectivity index (χ4v) is 3.36. The second-order valence-corrected chi connectivity index (χ2v) is 5.56. The highest BCUT2D eigenvalue weighted by atomic mass is 32.2. The van der Waals surface area contributed by atoms with Gasteiger partial charge in [-0.05, 0) is 12.1 Å². The fourth-order valence-electron chi connectivity index (χ4n) is 2.06. The first-order valence-electron chi connectivity index (χ1n) is 6.50. The number of hydrogen-bond acceptors (Lipinski definition) is 6. The summed E-state index contributed by atoms with van der Waals surface area (Å²) in [7, 11) is 2.48. The summed E-state index contributed by atoms with van der Waals surface area (Å²) in [5.41, 5.74) is 0.566. The van der Waals surface area contributed by atoms with Crippen LogP contribution in [0.2, 0.25) is 0 Å². The first-order chi connectivity index (χ1) is 10.6. The molecule has 22 heavy (non-hydrogen) atoms. The van der Waals surface area contributed by atoms with E-state index in [4.69, 9.17) is 9.47 Å². The molecule has 118 valence electrons. The molecule has 0 bridgehead atoms. The zero-order valence-electron chi connectivity index (χ0n) is 12.1. The molecule has 1 aromatic rings. The minimum atomic E-state index is -0.877. The molecule has 1 heterocycles. The van der Waals surface area contributed by atoms with Gasteiger partial charge in [0.15, 0.2) is 5.37 Å². The van der Waals surface area contributed by atoms with Gasteiger partial charge in [0.05, 0.1) is 14.2 Å². The second-order valence-electron chi connectivity index (χ2n) is 4.45. The minimum Gasteiger partial charge on any atom is -0.467 e. The van der Waals surface area contributed by atoms with Gasteiger partial charge in [-0.1, -0.05) is 18.2 Å². The highest BCUT2D eigenvalue weighted by Gasteiger charge is 2.46. The van der Waals surface area contributed by atoms with Gasteiger partial charge in [0, 0.05) is 11.4 Å². The van der Waals surface area contributed by atoms with E-state index in [0.717, 1.165) is 16.7 Å². The Morgan fingerprint density at radius 1 is 1.14 bits per heavy atom. The summed E-state index contributed by atoms with van der Waals surface area (Å²) in [6.45, 7) is 0. The number of para-hydroxylation sites is 1. The van der Waals surface area contributed by atoms with Gasteiger partial charge in [-0.3, -0.25) is 4.90 Å². The molecule has 2 atom stereocenters. The Kier molecular flexibility index (Phi) is 5.26. The number of nitrogens with one attached hydrogen (secondary N) is 1. The van der Waals surface area contributed by atoms with E-state index in [2.05, 4.69) is 5.32 Å². The normalized spacial score (nSPS) is 20.4. The van der Waals surface area contributed by atoms with Crippen LogP contribution in [0.3, 0.4) is 0 Å². The van der Waals surface area contributed by atoms with Crippen molar-refractivity contribution < 1.29 is 23.9 Å². The summed E-state index contributed by atoms with van der Waals surface area (Å²) < 4.78 is 9.39. The number of thioether (sulfide) groups is 1. The Morgan fingerprint density at radius 3 is 2.36 bits per heavy atom. The third-order valence-electron chi connectivity index (χ3n) is 3.14. The number of hydrogen-bond donors (Lipinski definition) is 1. The molecule has 0 aromatic heterocycles. The van der Waals surface area contributed by atoms with Crippen LogP contribution in [0.1, 0.15) is 0 Å². The molecule has 0 aliphatic carbocycles. The molecule has 0 unspecified atom stereocenters. The predicted octanol–water partition coefficient (Wildman–Crippen LogP) is 1.31. The van der Waals surface area contributed by atoms with E-state index < -0.39 is 29.4 Å². The van der Waals surface area contributed by atoms with E-state index >= 15 is 0 Å². The number of amides is 2. The van der Waals surface area contributed by atoms with Crippen molar-refractivity contribution in [2.24, 2.45) is 0 Å². The van der Waals surface area contributed by atoms with Crippen molar-refractivity contribution in [1.29, 1.82) is 0 Å². The first kappa shape index (κ1) is 16.2. The van der Waals surface area contributed by atoms with Gasteiger partial charge >= 0.3 is 18.0 Å². The Labute approximate surface area is 131 Å². The SMILES string of the molecule is COC(=O)[C@@H]1CS[C@@H](C(=O)OC)N1C(=O)Nc1ccccc1. The van der Waals surface area contributed by atoms with E-state index in [1.807, 2.05) is 6.07 Å². The van der Waals surface area contributed by atoms with Gasteiger partial charge in [0.1, 0.15) is 6.04 Å². The number of esters is 2. The largest absolute Gasteiger partial charge is 0.467 e. The summed E-state index contributed by atoms with van der Waals surface area (Å²) in [6.07, 6.45) is 0. The highest BCUT2D eigenvalue weighted by molar-refractivity contribution is 8.00. The maximum absolute atomic E-state index is 12.5. The van der Waals surface area contributed by atoms with Crippen LogP contribution in [0.25, 0.3) is 0 Å². The Morgan fingerprint density at radius 2 is 1.77 bits per heavy atom. The molecule has 1 aromatic carbocycles. The maximum Gasteiger partial charge on any atom is 0.339 e. The van der Waals surface area contributed by atoms with Gasteiger partial charge in [0.25, 0.3) is 0 Å². The van der Waals surface area contributed by atoms with Crippen LogP contribution >= 0.6 is 11.8 Å². The molecule has 8 heteroatoms. The van der Waals surface area contributed by atoms with Gasteiger partial charge < -0.3 is 14.8 Å². The summed E-state index contributed by atoms with van der Waals surface area (Å²) in [4.78, 5) is 37.3. The van der Waals surface area contributed by atoms with Gasteiger partial charge in [-0.25, -0.2) is 14.4 Å². The average molecular weight is 324 g/mol. The number of ether oxygens (including phenoxy) is 2. The molecule has 1 saturated heterocycles. The van der Waals surface area contributed by atoms with E-state index in [9.17, 15) is 14.4 Å². The molecule has 2 rings (SSSR count). The van der Waals surface area contributed by atoms with Gasteiger partial charge in [0.2, 0.25) is 0 Å². The van der Waals surface area contributed by atoms with Crippen molar-refractivity contribution in [2.75, 3.05) is 25.3 Å². The van der Waals surface area contributed by atoms with Crippen LogP contribution in [0.5, 0.6) is 0 Å². The van der Waals surface area contributed by atoms with Crippen LogP contribution in [0.4, 0.5) is 10.5 Å².